The Morgan fingerprint density at radius 1 is 1.15 bits per heavy atom. The summed E-state index contributed by atoms with van der Waals surface area (Å²) in [6, 6.07) is 7.49. The van der Waals surface area contributed by atoms with Gasteiger partial charge in [0, 0.05) is 24.9 Å². The standard InChI is InChI=1S/C22H23F3N8O/c1-13-18(15(3)33-21(28-13)29-20(30-33)22(23,24)25)9-10-19(34)31(4)14(2)16-5-7-17(8-6-16)32-12-26-11-27-32/h5-8,11-12,14H,9-10H2,1-4H3/t14-/m1/s1. The first-order valence-electron chi connectivity index (χ1n) is 10.6. The van der Waals surface area contributed by atoms with Crippen molar-refractivity contribution in [3.05, 3.63) is 65.3 Å². The van der Waals surface area contributed by atoms with E-state index in [1.54, 1.807) is 36.8 Å². The van der Waals surface area contributed by atoms with Crippen molar-refractivity contribution in [1.82, 2.24) is 39.2 Å². The molecule has 9 nitrogen and oxygen atoms in total. The van der Waals surface area contributed by atoms with Gasteiger partial charge in [0.1, 0.15) is 12.7 Å². The summed E-state index contributed by atoms with van der Waals surface area (Å²) in [6.07, 6.45) is -1.10. The van der Waals surface area contributed by atoms with E-state index in [1.165, 1.54) is 6.33 Å². The molecule has 0 aliphatic carbocycles. The molecule has 0 fully saturated rings. The molecule has 4 rings (SSSR count). The maximum absolute atomic E-state index is 13.0. The van der Waals surface area contributed by atoms with E-state index in [1.807, 2.05) is 31.2 Å². The van der Waals surface area contributed by atoms with Crippen molar-refractivity contribution in [2.75, 3.05) is 7.05 Å². The zero-order valence-electron chi connectivity index (χ0n) is 19.1. The number of amides is 1. The molecule has 0 bridgehead atoms. The average molecular weight is 472 g/mol. The zero-order valence-corrected chi connectivity index (χ0v) is 19.1. The number of hydrogen-bond acceptors (Lipinski definition) is 6. The number of alkyl halides is 3. The van der Waals surface area contributed by atoms with E-state index < -0.39 is 12.0 Å². The lowest BCUT2D eigenvalue weighted by Crippen LogP contribution is -2.30. The van der Waals surface area contributed by atoms with Crippen molar-refractivity contribution >= 4 is 11.7 Å². The number of fused-ring (bicyclic) bond motifs is 1. The Labute approximate surface area is 193 Å². The van der Waals surface area contributed by atoms with E-state index >= 15 is 0 Å². The lowest BCUT2D eigenvalue weighted by Gasteiger charge is -2.26. The smallest absolute Gasteiger partial charge is 0.339 e. The SMILES string of the molecule is Cc1nc2nc(C(F)(F)F)nn2c(C)c1CCC(=O)N(C)[C@H](C)c1ccc(-n2cncn2)cc1. The quantitative estimate of drug-likeness (QED) is 0.426. The number of benzene rings is 1. The molecule has 3 aromatic heterocycles. The topological polar surface area (TPSA) is 94.1 Å². The molecule has 1 amide bonds. The van der Waals surface area contributed by atoms with Crippen LogP contribution < -0.4 is 0 Å². The molecule has 4 aromatic rings. The van der Waals surface area contributed by atoms with Gasteiger partial charge in [0.05, 0.1) is 11.7 Å². The second kappa shape index (κ2) is 8.84. The summed E-state index contributed by atoms with van der Waals surface area (Å²) in [4.78, 5) is 26.1. The minimum Gasteiger partial charge on any atom is -0.339 e. The number of rotatable bonds is 6. The first-order valence-corrected chi connectivity index (χ1v) is 10.6. The minimum absolute atomic E-state index is 0.0960. The van der Waals surface area contributed by atoms with Crippen LogP contribution in [0.15, 0.2) is 36.9 Å². The Morgan fingerprint density at radius 2 is 1.85 bits per heavy atom. The Hall–Kier alpha value is -3.83. The molecular formula is C22H23F3N8O. The second-order valence-corrected chi connectivity index (χ2v) is 8.02. The fourth-order valence-electron chi connectivity index (χ4n) is 3.79. The van der Waals surface area contributed by atoms with E-state index in [9.17, 15) is 18.0 Å². The fourth-order valence-corrected chi connectivity index (χ4v) is 3.79. The first kappa shape index (κ1) is 23.3. The van der Waals surface area contributed by atoms with Gasteiger partial charge in [-0.25, -0.2) is 19.2 Å². The van der Waals surface area contributed by atoms with Crippen LogP contribution in [0, 0.1) is 13.8 Å². The van der Waals surface area contributed by atoms with E-state index in [0.717, 1.165) is 15.8 Å². The van der Waals surface area contributed by atoms with E-state index in [4.69, 9.17) is 0 Å². The van der Waals surface area contributed by atoms with Crippen molar-refractivity contribution in [3.8, 4) is 5.69 Å². The van der Waals surface area contributed by atoms with Crippen molar-refractivity contribution < 1.29 is 18.0 Å². The molecule has 1 aromatic carbocycles. The number of carbonyl (C=O) groups is 1. The molecule has 0 unspecified atom stereocenters. The molecule has 0 N–H and O–H groups in total. The van der Waals surface area contributed by atoms with Gasteiger partial charge >= 0.3 is 6.18 Å². The molecule has 0 saturated carbocycles. The summed E-state index contributed by atoms with van der Waals surface area (Å²) >= 11 is 0. The van der Waals surface area contributed by atoms with Gasteiger partial charge in [0.15, 0.2) is 0 Å². The number of nitrogens with zero attached hydrogens (tertiary/aromatic N) is 8. The van der Waals surface area contributed by atoms with Crippen LogP contribution in [-0.2, 0) is 17.4 Å². The van der Waals surface area contributed by atoms with Gasteiger partial charge < -0.3 is 4.90 Å². The van der Waals surface area contributed by atoms with Crippen molar-refractivity contribution in [1.29, 1.82) is 0 Å². The third kappa shape index (κ3) is 4.47. The molecule has 12 heteroatoms. The fraction of sp³-hybridized carbons (Fsp3) is 0.364. The van der Waals surface area contributed by atoms with Gasteiger partial charge in [0.25, 0.3) is 11.6 Å². The Kier molecular flexibility index (Phi) is 6.07. The molecule has 1 atom stereocenters. The monoisotopic (exact) mass is 472 g/mol. The van der Waals surface area contributed by atoms with Crippen LogP contribution in [0.25, 0.3) is 11.5 Å². The summed E-state index contributed by atoms with van der Waals surface area (Å²) < 4.78 is 41.7. The van der Waals surface area contributed by atoms with Gasteiger partial charge in [-0.3, -0.25) is 4.79 Å². The highest BCUT2D eigenvalue weighted by molar-refractivity contribution is 5.76. The van der Waals surface area contributed by atoms with Gasteiger partial charge in [-0.2, -0.15) is 23.3 Å². The first-order chi connectivity index (χ1) is 16.1. The van der Waals surface area contributed by atoms with Gasteiger partial charge in [-0.15, -0.1) is 5.10 Å². The summed E-state index contributed by atoms with van der Waals surface area (Å²) in [5.41, 5.74) is 3.50. The molecule has 0 spiro atoms. The normalized spacial score (nSPS) is 12.8. The van der Waals surface area contributed by atoms with Crippen molar-refractivity contribution in [2.24, 2.45) is 0 Å². The highest BCUT2D eigenvalue weighted by atomic mass is 19.4. The Balaban J connectivity index is 1.46. The number of aromatic nitrogens is 7. The third-order valence-corrected chi connectivity index (χ3v) is 5.92. The van der Waals surface area contributed by atoms with Crippen LogP contribution in [0.5, 0.6) is 0 Å². The van der Waals surface area contributed by atoms with Crippen LogP contribution >= 0.6 is 0 Å². The number of halogens is 3. The lowest BCUT2D eigenvalue weighted by molar-refractivity contribution is -0.144. The zero-order chi connectivity index (χ0) is 24.6. The highest BCUT2D eigenvalue weighted by Gasteiger charge is 2.37. The predicted octanol–water partition coefficient (Wildman–Crippen LogP) is 3.49. The molecule has 0 saturated heterocycles. The van der Waals surface area contributed by atoms with E-state index in [-0.39, 0.29) is 24.1 Å². The largest absolute Gasteiger partial charge is 0.453 e. The van der Waals surface area contributed by atoms with Crippen LogP contribution in [0.2, 0.25) is 0 Å². The van der Waals surface area contributed by atoms with Gasteiger partial charge in [-0.1, -0.05) is 12.1 Å². The molecule has 3 heterocycles. The van der Waals surface area contributed by atoms with Crippen LogP contribution in [0.4, 0.5) is 13.2 Å². The van der Waals surface area contributed by atoms with Crippen molar-refractivity contribution in [2.45, 2.75) is 45.8 Å². The van der Waals surface area contributed by atoms with Crippen molar-refractivity contribution in [3.63, 3.8) is 0 Å². The summed E-state index contributed by atoms with van der Waals surface area (Å²) in [6.45, 7) is 5.28. The van der Waals surface area contributed by atoms with E-state index in [2.05, 4.69) is 25.1 Å². The summed E-state index contributed by atoms with van der Waals surface area (Å²) in [7, 11) is 1.73. The van der Waals surface area contributed by atoms with Crippen LogP contribution in [-0.4, -0.2) is 52.2 Å². The molecule has 0 aliphatic heterocycles. The number of aryl methyl sites for hydroxylation is 2. The summed E-state index contributed by atoms with van der Waals surface area (Å²) in [5, 5.41) is 7.65. The molecule has 34 heavy (non-hydrogen) atoms. The van der Waals surface area contributed by atoms with Crippen LogP contribution in [0.3, 0.4) is 0 Å². The average Bonchev–Trinajstić information content (AvgIpc) is 3.48. The Morgan fingerprint density at radius 3 is 2.47 bits per heavy atom. The van der Waals surface area contributed by atoms with Gasteiger partial charge in [-0.05, 0) is 50.5 Å². The molecule has 0 aliphatic rings. The minimum atomic E-state index is -4.66. The van der Waals surface area contributed by atoms with Crippen LogP contribution in [0.1, 0.15) is 47.7 Å². The van der Waals surface area contributed by atoms with E-state index in [0.29, 0.717) is 23.4 Å². The molecule has 178 valence electrons. The number of carbonyl (C=O) groups excluding carboxylic acids is 1. The third-order valence-electron chi connectivity index (χ3n) is 5.92. The highest BCUT2D eigenvalue weighted by Crippen LogP contribution is 2.27. The maximum Gasteiger partial charge on any atom is 0.453 e. The second-order valence-electron chi connectivity index (χ2n) is 8.02. The maximum atomic E-state index is 13.0. The van der Waals surface area contributed by atoms with Gasteiger partial charge in [0.2, 0.25) is 5.91 Å². The number of hydrogen-bond donors (Lipinski definition) is 0. The summed E-state index contributed by atoms with van der Waals surface area (Å²) in [5.74, 6) is -1.45. The predicted molar refractivity (Wildman–Crippen MR) is 116 cm³/mol. The molecule has 0 radical (unpaired) electrons. The molecular weight excluding hydrogens is 449 g/mol. The lowest BCUT2D eigenvalue weighted by atomic mass is 10.0. The Bertz CT molecular complexity index is 1310.